The Morgan fingerprint density at radius 2 is 1.54 bits per heavy atom. The first-order chi connectivity index (χ1) is 35.3. The summed E-state index contributed by atoms with van der Waals surface area (Å²) in [5.74, 6) is -6.45. The number of amides is 8. The highest BCUT2D eigenvalue weighted by Gasteiger charge is 2.39. The summed E-state index contributed by atoms with van der Waals surface area (Å²) in [5.41, 5.74) is 38.7. The minimum absolute atomic E-state index is 0.0346. The van der Waals surface area contributed by atoms with Crippen LogP contribution in [0.1, 0.15) is 82.7 Å². The number of nitrogens with zero attached hydrogens (tertiary/aromatic N) is 4. The van der Waals surface area contributed by atoms with Crippen LogP contribution in [0.15, 0.2) is 34.3 Å². The molecule has 0 saturated carbocycles. The van der Waals surface area contributed by atoms with Crippen molar-refractivity contribution in [2.45, 2.75) is 126 Å². The number of carbonyl (C=O) groups is 9. The average Bonchev–Trinajstić information content (AvgIpc) is 4.09. The van der Waals surface area contributed by atoms with Crippen molar-refractivity contribution >= 4 is 64.9 Å². The van der Waals surface area contributed by atoms with E-state index in [0.717, 1.165) is 0 Å². The number of nitrogens with two attached hydrogens (primary N) is 7. The first-order valence-electron chi connectivity index (χ1n) is 24.2. The number of carboxylic acids is 1. The van der Waals surface area contributed by atoms with Gasteiger partial charge in [0.05, 0.1) is 25.0 Å². The largest absolute Gasteiger partial charge is 0.477 e. The lowest BCUT2D eigenvalue weighted by Crippen LogP contribution is -2.60. The van der Waals surface area contributed by atoms with Gasteiger partial charge in [0, 0.05) is 44.4 Å². The molecule has 7 atom stereocenters. The van der Waals surface area contributed by atoms with Crippen molar-refractivity contribution in [3.05, 3.63) is 30.0 Å². The number of terminal acetylenes is 1. The van der Waals surface area contributed by atoms with Gasteiger partial charge in [0.1, 0.15) is 41.6 Å². The second kappa shape index (κ2) is 34.1. The van der Waals surface area contributed by atoms with Gasteiger partial charge in [-0.05, 0) is 83.8 Å². The number of guanidine groups is 1. The highest BCUT2D eigenvalue weighted by molar-refractivity contribution is 6.40. The molecule has 0 aromatic carbocycles. The summed E-state index contributed by atoms with van der Waals surface area (Å²) in [7, 11) is 0. The molecule has 23 N–H and O–H groups in total. The molecule has 1 aliphatic heterocycles. The Kier molecular flexibility index (Phi) is 28.9. The zero-order chi connectivity index (χ0) is 55.2. The number of hydrogen-bond donors (Lipinski definition) is 16. The van der Waals surface area contributed by atoms with Crippen LogP contribution in [0, 0.1) is 12.3 Å². The zero-order valence-electron chi connectivity index (χ0n) is 41.4. The molecule has 410 valence electrons. The Balaban J connectivity index is 2.29. The van der Waals surface area contributed by atoms with Crippen LogP contribution >= 0.6 is 0 Å². The van der Waals surface area contributed by atoms with Crippen LogP contribution in [0.3, 0.4) is 0 Å². The first-order valence-corrected chi connectivity index (χ1v) is 24.2. The van der Waals surface area contributed by atoms with E-state index in [1.54, 1.807) is 0 Å². The van der Waals surface area contributed by atoms with Crippen LogP contribution in [0.25, 0.3) is 0 Å². The van der Waals surface area contributed by atoms with Crippen molar-refractivity contribution in [3.8, 4) is 12.3 Å². The predicted molar refractivity (Wildman–Crippen MR) is 270 cm³/mol. The fourth-order valence-corrected chi connectivity index (χ4v) is 7.31. The number of hydrogen-bond acceptors (Lipinski definition) is 17. The minimum Gasteiger partial charge on any atom is -0.477 e. The number of rotatable bonds is 34. The van der Waals surface area contributed by atoms with Crippen molar-refractivity contribution in [1.29, 1.82) is 0 Å². The summed E-state index contributed by atoms with van der Waals surface area (Å²) in [5, 5.41) is 34.9. The molecule has 0 unspecified atom stereocenters. The van der Waals surface area contributed by atoms with Crippen LogP contribution in [0.4, 0.5) is 0 Å². The summed E-state index contributed by atoms with van der Waals surface area (Å²) in [6.45, 7) is -0.437. The number of nitrogens with one attached hydrogen (secondary N) is 7. The number of unbranched alkanes of at least 4 members (excludes halogenated alkanes) is 2. The Hall–Kier alpha value is -7.36. The predicted octanol–water partition coefficient (Wildman–Crippen LogP) is -6.62. The van der Waals surface area contributed by atoms with Gasteiger partial charge in [-0.2, -0.15) is 0 Å². The van der Waals surface area contributed by atoms with Crippen molar-refractivity contribution in [3.63, 3.8) is 0 Å². The molecule has 29 nitrogen and oxygen atoms in total. The zero-order valence-corrected chi connectivity index (χ0v) is 41.4. The molecule has 1 aromatic heterocycles. The number of aliphatic hydroxyl groups excluding tert-OH is 1. The number of imidazole rings is 1. The van der Waals surface area contributed by atoms with Crippen LogP contribution in [0.5, 0.6) is 0 Å². The van der Waals surface area contributed by atoms with E-state index in [9.17, 15) is 53.4 Å². The number of aliphatic hydroxyl groups is 1. The monoisotopic (exact) mass is 1040 g/mol. The number of aliphatic imine (C=N–C) groups is 2. The third-order valence-corrected chi connectivity index (χ3v) is 11.3. The number of aromatic amines is 1. The molecule has 1 saturated heterocycles. The maximum Gasteiger partial charge on any atom is 0.352 e. The number of aromatic nitrogens is 2. The quantitative estimate of drug-likeness (QED) is 0.0100. The van der Waals surface area contributed by atoms with Gasteiger partial charge in [-0.15, -0.1) is 12.3 Å². The third kappa shape index (κ3) is 22.2. The van der Waals surface area contributed by atoms with Gasteiger partial charge in [0.15, 0.2) is 5.96 Å². The van der Waals surface area contributed by atoms with Gasteiger partial charge in [-0.1, -0.05) is 12.5 Å². The molecule has 0 bridgehead atoms. The highest BCUT2D eigenvalue weighted by atomic mass is 16.4. The standard InChI is InChI=1S/C45H74N18O11/c1-2-10-28(59-42(71)36(34(64)22-49)62-37(66)27(50)11-3-5-16-46)38(67)55-24-35(65)57-30(13-7-18-48)43(72)63-20-9-15-33(63)41(70)61-32(21-26-23-53-25-56-26)40(69)58-29(12-4-6-17-47)39(68)60-31(44(73)74)14-8-19-54-45(51)52/h1,14,23,25,27-29,32-34,36,64H,3-13,15-22,24,46-50H2,(H,53,56)(H,55,67)(H,58,69)(H,59,71)(H,60,68)(H,61,70)(H,62,66)(H,73,74)(H4,51,52,54)/b31-14-,57-30?/t27-,28-,29-,32-,33-,34-,36-/m0/s1. The number of likely N-dealkylation sites (tertiary alicyclic amines) is 1. The SMILES string of the molecule is C#CC[C@H](NC(=O)[C@@H](NC(=O)[C@@H](N)CCCCN)[C@@H](O)CN)C(=O)NCC(=O)N=C(CCCN)C(=O)N1CCC[C@H]1C(=O)N[C@@H](Cc1cnc[nH]1)C(=O)N[C@@H](CCCCN)C(=O)N/C(=C\CCN=C(N)N)C(=O)O. The highest BCUT2D eigenvalue weighted by Crippen LogP contribution is 2.20. The maximum atomic E-state index is 14.1. The lowest BCUT2D eigenvalue weighted by molar-refractivity contribution is -0.137. The van der Waals surface area contributed by atoms with Gasteiger partial charge >= 0.3 is 5.97 Å². The molecular weight excluding hydrogens is 969 g/mol. The minimum atomic E-state index is -1.64. The normalized spacial score (nSPS) is 16.0. The number of aliphatic carboxylic acids is 1. The fourth-order valence-electron chi connectivity index (χ4n) is 7.31. The van der Waals surface area contributed by atoms with Gasteiger partial charge in [-0.25, -0.2) is 14.8 Å². The summed E-state index contributed by atoms with van der Waals surface area (Å²) in [6.07, 6.45) is 10.1. The first kappa shape index (κ1) is 62.8. The molecule has 0 radical (unpaired) electrons. The number of carboxylic acid groups (broad SMARTS) is 1. The molecule has 1 aromatic rings. The topological polar surface area (TPSA) is 505 Å². The second-order valence-corrected chi connectivity index (χ2v) is 17.1. The van der Waals surface area contributed by atoms with Gasteiger partial charge < -0.3 is 92.1 Å². The summed E-state index contributed by atoms with van der Waals surface area (Å²) in [4.78, 5) is 136. The van der Waals surface area contributed by atoms with E-state index in [-0.39, 0.29) is 82.8 Å². The number of carbonyl (C=O) groups excluding carboxylic acids is 8. The van der Waals surface area contributed by atoms with E-state index in [4.69, 9.17) is 46.6 Å². The lowest BCUT2D eigenvalue weighted by atomic mass is 10.1. The van der Waals surface area contributed by atoms with Crippen molar-refractivity contribution in [1.82, 2.24) is 46.8 Å². The Labute approximate surface area is 428 Å². The Bertz CT molecular complexity index is 2180. The van der Waals surface area contributed by atoms with Crippen molar-refractivity contribution in [2.24, 2.45) is 50.1 Å². The van der Waals surface area contributed by atoms with Gasteiger partial charge in [0.2, 0.25) is 35.4 Å². The van der Waals surface area contributed by atoms with E-state index < -0.39 is 121 Å². The molecule has 1 fully saturated rings. The fraction of sp³-hybridized carbons (Fsp3) is 0.600. The molecule has 29 heteroatoms. The van der Waals surface area contributed by atoms with E-state index in [2.05, 4.69) is 57.8 Å². The van der Waals surface area contributed by atoms with Gasteiger partial charge in [0.25, 0.3) is 11.8 Å². The molecule has 8 amide bonds. The van der Waals surface area contributed by atoms with Gasteiger partial charge in [-0.3, -0.25) is 43.3 Å². The molecule has 0 aliphatic carbocycles. The Morgan fingerprint density at radius 1 is 0.865 bits per heavy atom. The van der Waals surface area contributed by atoms with Crippen LogP contribution in [-0.2, 0) is 49.6 Å². The maximum absolute atomic E-state index is 14.1. The Morgan fingerprint density at radius 3 is 2.15 bits per heavy atom. The van der Waals surface area contributed by atoms with Crippen LogP contribution in [0.2, 0.25) is 0 Å². The van der Waals surface area contributed by atoms with E-state index in [0.29, 0.717) is 44.3 Å². The molecule has 0 spiro atoms. The summed E-state index contributed by atoms with van der Waals surface area (Å²) < 4.78 is 0. The average molecular weight is 1040 g/mol. The van der Waals surface area contributed by atoms with E-state index in [1.807, 2.05) is 0 Å². The molecule has 2 rings (SSSR count). The van der Waals surface area contributed by atoms with Crippen LogP contribution < -0.4 is 72.0 Å². The van der Waals surface area contributed by atoms with E-state index in [1.165, 1.54) is 23.5 Å². The number of H-pyrrole nitrogens is 1. The lowest BCUT2D eigenvalue weighted by Gasteiger charge is -2.27. The van der Waals surface area contributed by atoms with E-state index >= 15 is 0 Å². The molecule has 2 heterocycles. The second-order valence-electron chi connectivity index (χ2n) is 17.1. The molecule has 74 heavy (non-hydrogen) atoms. The summed E-state index contributed by atoms with van der Waals surface area (Å²) in [6, 6.07) is -8.00. The van der Waals surface area contributed by atoms with Crippen molar-refractivity contribution in [2.75, 3.05) is 45.8 Å². The third-order valence-electron chi connectivity index (χ3n) is 11.3. The smallest absolute Gasteiger partial charge is 0.352 e. The summed E-state index contributed by atoms with van der Waals surface area (Å²) >= 11 is 0. The molecule has 1 aliphatic rings. The van der Waals surface area contributed by atoms with Crippen LogP contribution in [-0.4, -0.2) is 178 Å². The molecular formula is C45H74N18O11. The van der Waals surface area contributed by atoms with Crippen molar-refractivity contribution < 1.29 is 53.4 Å².